The number of carbonyl (C=O) groups excluding carboxylic acids is 3. The number of hydrogen-bond donors (Lipinski definition) is 10. The molecule has 14 N–H and O–H groups in total. The van der Waals surface area contributed by atoms with E-state index in [1.54, 1.807) is 12.4 Å². The van der Waals surface area contributed by atoms with Gasteiger partial charge in [-0.1, -0.05) is 18.2 Å². The fourth-order valence-corrected chi connectivity index (χ4v) is 4.80. The number of fused-ring (bicyclic) bond motifs is 1. The van der Waals surface area contributed by atoms with E-state index in [0.717, 1.165) is 16.5 Å². The summed E-state index contributed by atoms with van der Waals surface area (Å²) in [6, 6.07) is 3.04. The molecule has 3 rings (SSSR count). The van der Waals surface area contributed by atoms with Crippen molar-refractivity contribution in [3.8, 4) is 0 Å². The van der Waals surface area contributed by atoms with E-state index in [1.165, 1.54) is 6.33 Å². The number of aromatic amines is 2. The summed E-state index contributed by atoms with van der Waals surface area (Å²) >= 11 is 0. The third kappa shape index (κ3) is 10.9. The number of H-pyrrole nitrogens is 2. The maximum absolute atomic E-state index is 13.7. The van der Waals surface area contributed by atoms with Crippen LogP contribution in [-0.4, -0.2) is 87.0 Å². The number of nitrogens with two attached hydrogens (primary N) is 4. The quantitative estimate of drug-likeness (QED) is 0.0428. The molecule has 0 bridgehead atoms. The van der Waals surface area contributed by atoms with Crippen LogP contribution in [0.1, 0.15) is 43.4 Å². The number of nitrogens with one attached hydrogen (secondary N) is 5. The number of amides is 3. The van der Waals surface area contributed by atoms with Crippen molar-refractivity contribution in [2.45, 2.75) is 69.1 Å². The van der Waals surface area contributed by atoms with Gasteiger partial charge >= 0.3 is 5.97 Å². The van der Waals surface area contributed by atoms with Gasteiger partial charge < -0.3 is 54.0 Å². The molecule has 45 heavy (non-hydrogen) atoms. The van der Waals surface area contributed by atoms with Crippen LogP contribution in [0, 0.1) is 0 Å². The first kappa shape index (κ1) is 34.5. The van der Waals surface area contributed by atoms with Crippen LogP contribution >= 0.6 is 0 Å². The lowest BCUT2D eigenvalue weighted by Gasteiger charge is -2.25. The first-order valence-electron chi connectivity index (χ1n) is 14.8. The predicted molar refractivity (Wildman–Crippen MR) is 169 cm³/mol. The van der Waals surface area contributed by atoms with Gasteiger partial charge in [0, 0.05) is 48.4 Å². The predicted octanol–water partition coefficient (Wildman–Crippen LogP) is -1.27. The summed E-state index contributed by atoms with van der Waals surface area (Å²) in [5.41, 5.74) is 24.6. The second-order valence-electron chi connectivity index (χ2n) is 10.7. The van der Waals surface area contributed by atoms with Gasteiger partial charge in [0.05, 0.1) is 12.4 Å². The second kappa shape index (κ2) is 17.4. The van der Waals surface area contributed by atoms with Crippen LogP contribution in [0.15, 0.2) is 48.0 Å². The van der Waals surface area contributed by atoms with Gasteiger partial charge in [-0.3, -0.25) is 19.4 Å². The van der Waals surface area contributed by atoms with Crippen LogP contribution in [0.2, 0.25) is 0 Å². The summed E-state index contributed by atoms with van der Waals surface area (Å²) in [5.74, 6) is -3.24. The number of unbranched alkanes of at least 4 members (excludes halogenated alkanes) is 1. The number of aliphatic imine (C=N–C) groups is 1. The molecular formula is C29H43N11O5. The van der Waals surface area contributed by atoms with E-state index in [4.69, 9.17) is 22.9 Å². The number of nitrogens with zero attached hydrogens (tertiary/aromatic N) is 2. The zero-order valence-corrected chi connectivity index (χ0v) is 25.0. The molecule has 0 saturated heterocycles. The second-order valence-corrected chi connectivity index (χ2v) is 10.7. The normalized spacial score (nSPS) is 13.7. The van der Waals surface area contributed by atoms with Crippen molar-refractivity contribution in [1.82, 2.24) is 30.9 Å². The Hall–Kier alpha value is -4.96. The highest BCUT2D eigenvalue weighted by molar-refractivity contribution is 5.95. The number of carboxylic acid groups (broad SMARTS) is 1. The molecule has 4 atom stereocenters. The van der Waals surface area contributed by atoms with Crippen LogP contribution in [0.25, 0.3) is 10.9 Å². The van der Waals surface area contributed by atoms with Crippen molar-refractivity contribution < 1.29 is 24.3 Å². The monoisotopic (exact) mass is 625 g/mol. The molecular weight excluding hydrogens is 582 g/mol. The first-order chi connectivity index (χ1) is 21.6. The van der Waals surface area contributed by atoms with Gasteiger partial charge in [-0.25, -0.2) is 9.78 Å². The van der Waals surface area contributed by atoms with Crippen LogP contribution in [0.4, 0.5) is 0 Å². The fourth-order valence-electron chi connectivity index (χ4n) is 4.80. The highest BCUT2D eigenvalue weighted by atomic mass is 16.4. The molecule has 244 valence electrons. The number of carboxylic acids is 1. The van der Waals surface area contributed by atoms with Crippen molar-refractivity contribution in [3.05, 3.63) is 54.2 Å². The lowest BCUT2D eigenvalue weighted by molar-refractivity contribution is -0.142. The maximum atomic E-state index is 13.7. The summed E-state index contributed by atoms with van der Waals surface area (Å²) in [5, 5.41) is 18.6. The molecule has 0 aliphatic carbocycles. The molecule has 2 aromatic heterocycles. The van der Waals surface area contributed by atoms with Gasteiger partial charge in [0.25, 0.3) is 0 Å². The number of rotatable bonds is 19. The Morgan fingerprint density at radius 1 is 0.889 bits per heavy atom. The van der Waals surface area contributed by atoms with Crippen molar-refractivity contribution in [1.29, 1.82) is 0 Å². The number of benzene rings is 1. The van der Waals surface area contributed by atoms with Crippen molar-refractivity contribution in [2.24, 2.45) is 27.9 Å². The Morgan fingerprint density at radius 3 is 2.27 bits per heavy atom. The molecule has 0 saturated carbocycles. The summed E-state index contributed by atoms with van der Waals surface area (Å²) < 4.78 is 0. The van der Waals surface area contributed by atoms with Crippen molar-refractivity contribution in [2.75, 3.05) is 13.1 Å². The fraction of sp³-hybridized carbons (Fsp3) is 0.448. The largest absolute Gasteiger partial charge is 0.480 e. The van der Waals surface area contributed by atoms with E-state index in [2.05, 4.69) is 35.9 Å². The van der Waals surface area contributed by atoms with E-state index in [1.807, 2.05) is 24.3 Å². The molecule has 16 heteroatoms. The van der Waals surface area contributed by atoms with Crippen LogP contribution in [0.5, 0.6) is 0 Å². The number of carbonyl (C=O) groups is 4. The average Bonchev–Trinajstić information content (AvgIpc) is 3.67. The topological polar surface area (TPSA) is 286 Å². The maximum Gasteiger partial charge on any atom is 0.326 e. The number of aliphatic carboxylic acids is 1. The molecule has 0 aliphatic rings. The summed E-state index contributed by atoms with van der Waals surface area (Å²) in [6.07, 6.45) is 6.71. The number of aromatic nitrogens is 3. The van der Waals surface area contributed by atoms with Gasteiger partial charge in [-0.05, 0) is 50.3 Å². The van der Waals surface area contributed by atoms with E-state index in [-0.39, 0.29) is 38.2 Å². The number of imidazole rings is 1. The summed E-state index contributed by atoms with van der Waals surface area (Å²) in [6.45, 7) is 0.581. The highest BCUT2D eigenvalue weighted by Crippen LogP contribution is 2.19. The molecule has 2 heterocycles. The smallest absolute Gasteiger partial charge is 0.326 e. The van der Waals surface area contributed by atoms with Crippen molar-refractivity contribution in [3.63, 3.8) is 0 Å². The van der Waals surface area contributed by atoms with E-state index >= 15 is 0 Å². The third-order valence-electron chi connectivity index (χ3n) is 7.20. The summed E-state index contributed by atoms with van der Waals surface area (Å²) in [7, 11) is 0. The Labute approximate surface area is 260 Å². The Bertz CT molecular complexity index is 1440. The Kier molecular flexibility index (Phi) is 13.3. The average molecular weight is 626 g/mol. The lowest BCUT2D eigenvalue weighted by atomic mass is 10.0. The Morgan fingerprint density at radius 2 is 1.58 bits per heavy atom. The highest BCUT2D eigenvalue weighted by Gasteiger charge is 2.31. The van der Waals surface area contributed by atoms with Gasteiger partial charge in [0.1, 0.15) is 18.1 Å². The van der Waals surface area contributed by atoms with Crippen LogP contribution < -0.4 is 38.9 Å². The van der Waals surface area contributed by atoms with E-state index in [0.29, 0.717) is 31.5 Å². The molecule has 16 nitrogen and oxygen atoms in total. The molecule has 4 unspecified atom stereocenters. The minimum Gasteiger partial charge on any atom is -0.480 e. The number of para-hydroxylation sites is 1. The lowest BCUT2D eigenvalue weighted by Crippen LogP contribution is -2.57. The summed E-state index contributed by atoms with van der Waals surface area (Å²) in [4.78, 5) is 66.0. The van der Waals surface area contributed by atoms with Gasteiger partial charge in [0.15, 0.2) is 5.96 Å². The van der Waals surface area contributed by atoms with Gasteiger partial charge in [-0.15, -0.1) is 0 Å². The van der Waals surface area contributed by atoms with E-state index < -0.39 is 47.9 Å². The minimum absolute atomic E-state index is 0.0464. The number of guanidine groups is 1. The van der Waals surface area contributed by atoms with Crippen LogP contribution in [-0.2, 0) is 32.0 Å². The molecule has 3 aromatic rings. The zero-order valence-electron chi connectivity index (χ0n) is 25.0. The third-order valence-corrected chi connectivity index (χ3v) is 7.20. The molecule has 3 amide bonds. The molecule has 0 fully saturated rings. The SMILES string of the molecule is NCCCCC(NC(=O)C(N)Cc1cnc[nH]1)C(=O)NC(Cc1c[nH]c2ccccc12)C(=O)NC(CCCN=C(N)N)C(=O)O. The standard InChI is InChI=1S/C29H43N11O5/c30-10-4-3-8-22(38-25(41)20(31)13-18-15-34-16-37-18)26(42)40-24(12-17-14-36-21-7-2-1-6-19(17)21)27(43)39-23(28(44)45)9-5-11-35-29(32)33/h1-2,6-7,14-16,20,22-24,36H,3-5,8-13,30-31H2,(H,34,37)(H,38,41)(H,39,43)(H,40,42)(H,44,45)(H4,32,33,35). The number of hydrogen-bond acceptors (Lipinski definition) is 8. The molecule has 0 aliphatic heterocycles. The minimum atomic E-state index is -1.25. The van der Waals surface area contributed by atoms with Crippen LogP contribution in [0.3, 0.4) is 0 Å². The Balaban J connectivity index is 1.80. The molecule has 0 radical (unpaired) electrons. The first-order valence-corrected chi connectivity index (χ1v) is 14.8. The zero-order chi connectivity index (χ0) is 32.8. The van der Waals surface area contributed by atoms with Gasteiger partial charge in [0.2, 0.25) is 17.7 Å². The van der Waals surface area contributed by atoms with Crippen molar-refractivity contribution >= 4 is 40.6 Å². The van der Waals surface area contributed by atoms with E-state index in [9.17, 15) is 24.3 Å². The van der Waals surface area contributed by atoms with Gasteiger partial charge in [-0.2, -0.15) is 0 Å². The molecule has 1 aromatic carbocycles. The molecule has 0 spiro atoms.